The molecule has 0 atom stereocenters. The predicted octanol–water partition coefficient (Wildman–Crippen LogP) is 10.7. The molecule has 17 heteroatoms. The van der Waals surface area contributed by atoms with Gasteiger partial charge >= 0.3 is 12.4 Å². The SMILES string of the molecule is CN(C)c1cc(Oc2[c-]cc(C(F)(F)F)cc2)nc(Oc2[c-]cc(C(F)(F)F)cc2)c1.Cc1cc(C)c(N2[CH-]N(C)c3cccnc32)[c-]c1N1[CH-]Nc2cccnc21.[Ir]. The average molecular weight is 988 g/mol. The fourth-order valence-corrected chi connectivity index (χ4v) is 6.00. The van der Waals surface area contributed by atoms with Gasteiger partial charge in [0.05, 0.1) is 0 Å². The Kier molecular flexibility index (Phi) is 12.3. The van der Waals surface area contributed by atoms with Crippen LogP contribution in [0.3, 0.4) is 0 Å². The first-order valence-electron chi connectivity index (χ1n) is 17.5. The van der Waals surface area contributed by atoms with Gasteiger partial charge in [-0.1, -0.05) is 36.3 Å². The first kappa shape index (κ1) is 42.5. The van der Waals surface area contributed by atoms with E-state index in [1.54, 1.807) is 25.2 Å². The first-order chi connectivity index (χ1) is 27.5. The zero-order valence-corrected chi connectivity index (χ0v) is 34.3. The summed E-state index contributed by atoms with van der Waals surface area (Å²) in [5, 5.41) is 3.28. The second kappa shape index (κ2) is 17.0. The molecule has 2 aliphatic heterocycles. The number of pyridine rings is 3. The van der Waals surface area contributed by atoms with Crippen LogP contribution in [0.4, 0.5) is 66.4 Å². The van der Waals surface area contributed by atoms with E-state index in [4.69, 9.17) is 9.47 Å². The van der Waals surface area contributed by atoms with Crippen LogP contribution in [0.1, 0.15) is 22.3 Å². The molecule has 6 aromatic rings. The van der Waals surface area contributed by atoms with Crippen molar-refractivity contribution in [2.24, 2.45) is 0 Å². The number of ether oxygens (including phenoxy) is 2. The summed E-state index contributed by atoms with van der Waals surface area (Å²) in [5.41, 5.74) is 5.13. The Morgan fingerprint density at radius 1 is 0.729 bits per heavy atom. The van der Waals surface area contributed by atoms with Gasteiger partial charge in [0.15, 0.2) is 0 Å². The van der Waals surface area contributed by atoms with Crippen LogP contribution in [0, 0.1) is 45.4 Å². The third-order valence-corrected chi connectivity index (χ3v) is 8.86. The number of nitrogens with one attached hydrogen (secondary N) is 1. The van der Waals surface area contributed by atoms with E-state index in [1.807, 2.05) is 49.7 Å². The van der Waals surface area contributed by atoms with E-state index < -0.39 is 23.5 Å². The van der Waals surface area contributed by atoms with Crippen molar-refractivity contribution >= 4 is 40.1 Å². The molecule has 3 aromatic heterocycles. The van der Waals surface area contributed by atoms with Crippen LogP contribution in [-0.4, -0.2) is 36.1 Å². The molecular formula is C42H33F6IrN8O2-5. The van der Waals surface area contributed by atoms with Crippen molar-refractivity contribution in [3.63, 3.8) is 0 Å². The smallest absolute Gasteiger partial charge is 0.370 e. The summed E-state index contributed by atoms with van der Waals surface area (Å²) in [6.07, 6.45) is -5.38. The van der Waals surface area contributed by atoms with Crippen molar-refractivity contribution in [2.45, 2.75) is 26.2 Å². The Morgan fingerprint density at radius 3 is 1.80 bits per heavy atom. The summed E-state index contributed by atoms with van der Waals surface area (Å²) in [7, 11) is 5.47. The number of halogens is 6. The van der Waals surface area contributed by atoms with Crippen molar-refractivity contribution in [1.29, 1.82) is 0 Å². The molecular weight excluding hydrogens is 955 g/mol. The standard InChI is InChI=1S/C21H14F6N2O2.C21H19N6.Ir/c1-29(2)15-11-18(30-16-7-3-13(4-8-16)20(22,23)24)28-19(12-15)31-17-9-5-14(6-10-17)21(25,26)27;1-14-10-15(2)19(27-13-25(3)17-7-5-9-23-21(17)27)11-18(14)26-12-24-16-6-4-8-22-20(16)26;/h3-7,9,11-12H,1-2H3;4-10,12-13,24H,1-3H3;/q-2;-3;. The molecule has 0 bridgehead atoms. The van der Waals surface area contributed by atoms with E-state index in [2.05, 4.69) is 74.2 Å². The predicted molar refractivity (Wildman–Crippen MR) is 207 cm³/mol. The van der Waals surface area contributed by atoms with E-state index >= 15 is 0 Å². The number of alkyl halides is 6. The van der Waals surface area contributed by atoms with E-state index in [0.29, 0.717) is 5.69 Å². The number of hydrogen-bond donors (Lipinski definition) is 1. The molecule has 0 saturated heterocycles. The number of hydrogen-bond acceptors (Lipinski definition) is 10. The van der Waals surface area contributed by atoms with E-state index in [0.717, 1.165) is 81.9 Å². The van der Waals surface area contributed by atoms with Crippen LogP contribution < -0.4 is 34.4 Å². The number of aromatic nitrogens is 3. The molecule has 5 heterocycles. The van der Waals surface area contributed by atoms with Crippen LogP contribution in [0.5, 0.6) is 23.3 Å². The molecule has 0 aliphatic carbocycles. The van der Waals surface area contributed by atoms with Crippen LogP contribution in [0.15, 0.2) is 91.3 Å². The minimum atomic E-state index is -4.50. The first-order valence-corrected chi connectivity index (χ1v) is 17.5. The third-order valence-electron chi connectivity index (χ3n) is 8.86. The monoisotopic (exact) mass is 988 g/mol. The Morgan fingerprint density at radius 2 is 1.27 bits per heavy atom. The molecule has 1 N–H and O–H groups in total. The second-order valence-corrected chi connectivity index (χ2v) is 13.3. The zero-order valence-electron chi connectivity index (χ0n) is 31.9. The van der Waals surface area contributed by atoms with Crippen LogP contribution in [0.25, 0.3) is 0 Å². The largest absolute Gasteiger partial charge is 0.513 e. The Labute approximate surface area is 350 Å². The van der Waals surface area contributed by atoms with Crippen LogP contribution in [-0.2, 0) is 32.5 Å². The Hall–Kier alpha value is -6.06. The molecule has 10 nitrogen and oxygen atoms in total. The minimum Gasteiger partial charge on any atom is -0.513 e. The van der Waals surface area contributed by atoms with Gasteiger partial charge in [0.2, 0.25) is 11.8 Å². The molecule has 309 valence electrons. The molecule has 2 aliphatic rings. The van der Waals surface area contributed by atoms with Gasteiger partial charge in [0, 0.05) is 87.3 Å². The number of fused-ring (bicyclic) bond motifs is 2. The van der Waals surface area contributed by atoms with Crippen LogP contribution >= 0.6 is 0 Å². The summed E-state index contributed by atoms with van der Waals surface area (Å²) >= 11 is 0. The molecule has 0 amide bonds. The van der Waals surface area contributed by atoms with Gasteiger partial charge in [-0.25, -0.2) is 9.97 Å². The number of benzene rings is 3. The van der Waals surface area contributed by atoms with Gasteiger partial charge < -0.3 is 34.4 Å². The van der Waals surface area contributed by atoms with Gasteiger partial charge in [-0.15, -0.1) is 41.5 Å². The van der Waals surface area contributed by atoms with Crippen molar-refractivity contribution in [3.05, 3.63) is 145 Å². The third kappa shape index (κ3) is 9.47. The van der Waals surface area contributed by atoms with E-state index in [-0.39, 0.29) is 43.4 Å². The summed E-state index contributed by atoms with van der Waals surface area (Å²) in [6.45, 7) is 8.19. The Bertz CT molecular complexity index is 2340. The number of aryl methyl sites for hydroxylation is 2. The van der Waals surface area contributed by atoms with Gasteiger partial charge in [-0.3, -0.25) is 0 Å². The molecule has 1 radical (unpaired) electrons. The number of anilines is 7. The zero-order chi connectivity index (χ0) is 41.4. The van der Waals surface area contributed by atoms with Gasteiger partial charge in [-0.05, 0) is 31.3 Å². The van der Waals surface area contributed by atoms with Gasteiger partial charge in [0.1, 0.15) is 11.6 Å². The molecule has 0 spiro atoms. The maximum Gasteiger partial charge on any atom is 0.370 e. The topological polar surface area (TPSA) is 82.1 Å². The fourth-order valence-electron chi connectivity index (χ4n) is 6.00. The number of nitrogens with zero attached hydrogens (tertiary/aromatic N) is 7. The van der Waals surface area contributed by atoms with Crippen LogP contribution in [0.2, 0.25) is 0 Å². The minimum absolute atomic E-state index is 0. The maximum atomic E-state index is 12.7. The van der Waals surface area contributed by atoms with Crippen molar-refractivity contribution in [3.8, 4) is 23.3 Å². The van der Waals surface area contributed by atoms with Gasteiger partial charge in [-0.2, -0.15) is 75.0 Å². The normalized spacial score (nSPS) is 13.1. The Balaban J connectivity index is 0.000000196. The summed E-state index contributed by atoms with van der Waals surface area (Å²) in [6, 6.07) is 26.9. The second-order valence-electron chi connectivity index (χ2n) is 13.3. The summed E-state index contributed by atoms with van der Waals surface area (Å²) < 4.78 is 87.0. The van der Waals surface area contributed by atoms with E-state index in [1.165, 1.54) is 12.1 Å². The average Bonchev–Trinajstić information content (AvgIpc) is 3.76. The number of rotatable bonds is 7. The van der Waals surface area contributed by atoms with E-state index in [9.17, 15) is 26.3 Å². The molecule has 3 aromatic carbocycles. The molecule has 59 heavy (non-hydrogen) atoms. The molecule has 0 fully saturated rings. The summed E-state index contributed by atoms with van der Waals surface area (Å²) in [4.78, 5) is 21.1. The van der Waals surface area contributed by atoms with Crippen molar-refractivity contribution in [1.82, 2.24) is 15.0 Å². The molecule has 0 saturated carbocycles. The quantitative estimate of drug-likeness (QED) is 0.123. The van der Waals surface area contributed by atoms with Gasteiger partial charge in [0.25, 0.3) is 0 Å². The molecule has 8 rings (SSSR count). The van der Waals surface area contributed by atoms with Crippen molar-refractivity contribution < 1.29 is 55.9 Å². The van der Waals surface area contributed by atoms with Crippen molar-refractivity contribution in [2.75, 3.05) is 46.1 Å². The molecule has 0 unspecified atom stereocenters. The summed E-state index contributed by atoms with van der Waals surface area (Å²) in [5.74, 6) is 1.75. The maximum absolute atomic E-state index is 12.7. The fraction of sp³-hybridized carbons (Fsp3) is 0.167.